The molecule has 2 amide bonds. The minimum atomic E-state index is -0.136. The minimum Gasteiger partial charge on any atom is -0.339 e. The van der Waals surface area contributed by atoms with Crippen LogP contribution in [0.25, 0.3) is 0 Å². The third kappa shape index (κ3) is 3.89. The third-order valence-corrected chi connectivity index (χ3v) is 4.68. The predicted molar refractivity (Wildman–Crippen MR) is 85.5 cm³/mol. The Morgan fingerprint density at radius 3 is 2.62 bits per heavy atom. The van der Waals surface area contributed by atoms with E-state index >= 15 is 0 Å². The highest BCUT2D eigenvalue weighted by atomic mass is 35.5. The topological polar surface area (TPSA) is 52.7 Å². The zero-order chi connectivity index (χ0) is 14.7. The van der Waals surface area contributed by atoms with Crippen LogP contribution in [0.1, 0.15) is 40.0 Å². The number of amides is 2. The molecule has 0 radical (unpaired) electrons. The Morgan fingerprint density at radius 1 is 1.38 bits per heavy atom. The Hall–Kier alpha value is -0.810. The lowest BCUT2D eigenvalue weighted by Crippen LogP contribution is -2.54. The smallest absolute Gasteiger partial charge is 0.228 e. The van der Waals surface area contributed by atoms with Gasteiger partial charge in [0.05, 0.1) is 5.92 Å². The zero-order valence-corrected chi connectivity index (χ0v) is 14.1. The van der Waals surface area contributed by atoms with Crippen molar-refractivity contribution in [3.63, 3.8) is 0 Å². The number of hydrogen-bond acceptors (Lipinski definition) is 3. The van der Waals surface area contributed by atoms with E-state index in [-0.39, 0.29) is 36.2 Å². The normalized spacial score (nSPS) is 26.2. The van der Waals surface area contributed by atoms with Crippen molar-refractivity contribution in [2.45, 2.75) is 52.1 Å². The van der Waals surface area contributed by atoms with E-state index < -0.39 is 0 Å². The van der Waals surface area contributed by atoms with Gasteiger partial charge >= 0.3 is 0 Å². The molecule has 0 aromatic carbocycles. The molecule has 0 aliphatic carbocycles. The highest BCUT2D eigenvalue weighted by Gasteiger charge is 2.39. The summed E-state index contributed by atoms with van der Waals surface area (Å²) in [7, 11) is 0. The first kappa shape index (κ1) is 18.2. The number of halogens is 1. The molecule has 2 saturated heterocycles. The Morgan fingerprint density at radius 2 is 2.05 bits per heavy atom. The second-order valence-electron chi connectivity index (χ2n) is 6.00. The SMILES string of the molecule is CCC(CC)N1CC(C(=O)N2CCNCC2C)CC1=O.Cl. The van der Waals surface area contributed by atoms with E-state index in [0.29, 0.717) is 19.0 Å². The van der Waals surface area contributed by atoms with Crippen molar-refractivity contribution in [2.75, 3.05) is 26.2 Å². The van der Waals surface area contributed by atoms with Crippen LogP contribution in [0.3, 0.4) is 0 Å². The Labute approximate surface area is 133 Å². The number of carbonyl (C=O) groups is 2. The molecule has 2 atom stereocenters. The van der Waals surface area contributed by atoms with Gasteiger partial charge in [-0.2, -0.15) is 0 Å². The van der Waals surface area contributed by atoms with Gasteiger partial charge in [0.2, 0.25) is 11.8 Å². The molecule has 0 aromatic rings. The summed E-state index contributed by atoms with van der Waals surface area (Å²) in [5, 5.41) is 3.29. The largest absolute Gasteiger partial charge is 0.339 e. The van der Waals surface area contributed by atoms with Gasteiger partial charge in [-0.1, -0.05) is 13.8 Å². The lowest BCUT2D eigenvalue weighted by molar-refractivity contribution is -0.138. The molecule has 1 N–H and O–H groups in total. The Bertz CT molecular complexity index is 374. The molecule has 0 spiro atoms. The fraction of sp³-hybridized carbons (Fsp3) is 0.867. The van der Waals surface area contributed by atoms with Gasteiger partial charge in [-0.15, -0.1) is 12.4 Å². The van der Waals surface area contributed by atoms with Crippen molar-refractivity contribution in [1.82, 2.24) is 15.1 Å². The number of likely N-dealkylation sites (tertiary alicyclic amines) is 1. The highest BCUT2D eigenvalue weighted by Crippen LogP contribution is 2.25. The van der Waals surface area contributed by atoms with Gasteiger partial charge in [-0.3, -0.25) is 9.59 Å². The van der Waals surface area contributed by atoms with E-state index in [9.17, 15) is 9.59 Å². The van der Waals surface area contributed by atoms with Crippen molar-refractivity contribution < 1.29 is 9.59 Å². The lowest BCUT2D eigenvalue weighted by atomic mass is 10.0. The standard InChI is InChI=1S/C15H27N3O2.ClH/c1-4-13(5-2)18-10-12(8-14(18)19)15(20)17-7-6-16-9-11(17)3;/h11-13,16H,4-10H2,1-3H3;1H. The number of nitrogens with zero attached hydrogens (tertiary/aromatic N) is 2. The third-order valence-electron chi connectivity index (χ3n) is 4.68. The van der Waals surface area contributed by atoms with E-state index in [2.05, 4.69) is 26.1 Å². The predicted octanol–water partition coefficient (Wildman–Crippen LogP) is 1.27. The summed E-state index contributed by atoms with van der Waals surface area (Å²) in [4.78, 5) is 28.7. The number of carbonyl (C=O) groups excluding carboxylic acids is 2. The molecule has 122 valence electrons. The molecule has 2 unspecified atom stereocenters. The van der Waals surface area contributed by atoms with Crippen LogP contribution >= 0.6 is 12.4 Å². The maximum atomic E-state index is 12.6. The molecule has 21 heavy (non-hydrogen) atoms. The summed E-state index contributed by atoms with van der Waals surface area (Å²) in [5.74, 6) is 0.185. The van der Waals surface area contributed by atoms with Crippen LogP contribution in [0.5, 0.6) is 0 Å². The van der Waals surface area contributed by atoms with Crippen LogP contribution in [0, 0.1) is 5.92 Å². The van der Waals surface area contributed by atoms with E-state index in [0.717, 1.165) is 32.5 Å². The molecule has 0 bridgehead atoms. The van der Waals surface area contributed by atoms with Crippen LogP contribution in [0.2, 0.25) is 0 Å². The van der Waals surface area contributed by atoms with Crippen LogP contribution in [0.15, 0.2) is 0 Å². The molecule has 2 aliphatic rings. The van der Waals surface area contributed by atoms with E-state index in [1.807, 2.05) is 9.80 Å². The average molecular weight is 318 g/mol. The molecular formula is C15H28ClN3O2. The highest BCUT2D eigenvalue weighted by molar-refractivity contribution is 5.89. The second-order valence-corrected chi connectivity index (χ2v) is 6.00. The maximum absolute atomic E-state index is 12.6. The van der Waals surface area contributed by atoms with Crippen LogP contribution < -0.4 is 5.32 Å². The zero-order valence-electron chi connectivity index (χ0n) is 13.3. The van der Waals surface area contributed by atoms with Crippen LogP contribution in [0.4, 0.5) is 0 Å². The van der Waals surface area contributed by atoms with Crippen molar-refractivity contribution in [1.29, 1.82) is 0 Å². The summed E-state index contributed by atoms with van der Waals surface area (Å²) in [6.45, 7) is 9.36. The van der Waals surface area contributed by atoms with Gasteiger partial charge in [0.25, 0.3) is 0 Å². The number of piperazine rings is 1. The molecular weight excluding hydrogens is 290 g/mol. The van der Waals surface area contributed by atoms with Crippen molar-refractivity contribution in [3.05, 3.63) is 0 Å². The molecule has 2 aliphatic heterocycles. The maximum Gasteiger partial charge on any atom is 0.228 e. The summed E-state index contributed by atoms with van der Waals surface area (Å²) < 4.78 is 0. The van der Waals surface area contributed by atoms with E-state index in [1.165, 1.54) is 0 Å². The summed E-state index contributed by atoms with van der Waals surface area (Å²) >= 11 is 0. The van der Waals surface area contributed by atoms with Gasteiger partial charge in [0.1, 0.15) is 0 Å². The Balaban J connectivity index is 0.00000220. The second kappa shape index (κ2) is 7.99. The monoisotopic (exact) mass is 317 g/mol. The fourth-order valence-corrected chi connectivity index (χ4v) is 3.38. The molecule has 0 saturated carbocycles. The molecule has 6 heteroatoms. The number of nitrogens with one attached hydrogen (secondary N) is 1. The van der Waals surface area contributed by atoms with Gasteiger partial charge in [0, 0.05) is 44.7 Å². The quantitative estimate of drug-likeness (QED) is 0.849. The number of rotatable bonds is 4. The van der Waals surface area contributed by atoms with Crippen molar-refractivity contribution in [3.8, 4) is 0 Å². The van der Waals surface area contributed by atoms with Crippen molar-refractivity contribution in [2.24, 2.45) is 5.92 Å². The van der Waals surface area contributed by atoms with Gasteiger partial charge in [0.15, 0.2) is 0 Å². The molecule has 2 rings (SSSR count). The first-order valence-corrected chi connectivity index (χ1v) is 7.89. The average Bonchev–Trinajstić information content (AvgIpc) is 2.82. The summed E-state index contributed by atoms with van der Waals surface area (Å²) in [5.41, 5.74) is 0. The van der Waals surface area contributed by atoms with Crippen molar-refractivity contribution >= 4 is 24.2 Å². The molecule has 0 aromatic heterocycles. The molecule has 5 nitrogen and oxygen atoms in total. The van der Waals surface area contributed by atoms with Gasteiger partial charge < -0.3 is 15.1 Å². The molecule has 2 fully saturated rings. The van der Waals surface area contributed by atoms with E-state index in [4.69, 9.17) is 0 Å². The van der Waals surface area contributed by atoms with E-state index in [1.54, 1.807) is 0 Å². The van der Waals surface area contributed by atoms with Gasteiger partial charge in [-0.05, 0) is 19.8 Å². The lowest BCUT2D eigenvalue weighted by Gasteiger charge is -2.35. The molecule has 2 heterocycles. The first-order valence-electron chi connectivity index (χ1n) is 7.89. The number of hydrogen-bond donors (Lipinski definition) is 1. The fourth-order valence-electron chi connectivity index (χ4n) is 3.38. The van der Waals surface area contributed by atoms with Crippen LogP contribution in [-0.4, -0.2) is 59.9 Å². The van der Waals surface area contributed by atoms with Gasteiger partial charge in [-0.25, -0.2) is 0 Å². The van der Waals surface area contributed by atoms with Crippen LogP contribution in [-0.2, 0) is 9.59 Å². The minimum absolute atomic E-state index is 0. The first-order chi connectivity index (χ1) is 9.58. The summed E-state index contributed by atoms with van der Waals surface area (Å²) in [6.07, 6.45) is 2.33. The Kier molecular flexibility index (Phi) is 6.94. The summed E-state index contributed by atoms with van der Waals surface area (Å²) in [6, 6.07) is 0.522.